The van der Waals surface area contributed by atoms with E-state index in [0.29, 0.717) is 17.2 Å². The SMILES string of the molecule is CCN(CCN(C)COC(=O)C(C)(C)CC)Cc1ccc(C(=O)Nc2ccc(C)c(Nc3nccc(-c4cccnc4)n3)c2)cc1. The molecule has 2 N–H and O–H groups in total. The molecule has 10 nitrogen and oxygen atoms in total. The van der Waals surface area contributed by atoms with Gasteiger partial charge in [0.2, 0.25) is 5.95 Å². The summed E-state index contributed by atoms with van der Waals surface area (Å²) in [6, 6.07) is 19.0. The first-order valence-electron chi connectivity index (χ1n) is 15.7. The molecule has 0 aliphatic heterocycles. The third-order valence-corrected chi connectivity index (χ3v) is 8.07. The number of nitrogens with zero attached hydrogens (tertiary/aromatic N) is 5. The lowest BCUT2D eigenvalue weighted by Gasteiger charge is -2.26. The van der Waals surface area contributed by atoms with Crippen molar-refractivity contribution in [1.82, 2.24) is 24.8 Å². The Morgan fingerprint density at radius 3 is 2.46 bits per heavy atom. The first-order chi connectivity index (χ1) is 22.1. The van der Waals surface area contributed by atoms with Gasteiger partial charge in [0, 0.05) is 60.7 Å². The summed E-state index contributed by atoms with van der Waals surface area (Å²) in [4.78, 5) is 42.9. The van der Waals surface area contributed by atoms with Crippen molar-refractivity contribution in [2.24, 2.45) is 5.41 Å². The van der Waals surface area contributed by atoms with E-state index < -0.39 is 5.41 Å². The fraction of sp³-hybridized carbons (Fsp3) is 0.361. The normalized spacial score (nSPS) is 11.5. The van der Waals surface area contributed by atoms with Crippen molar-refractivity contribution in [3.63, 3.8) is 0 Å². The summed E-state index contributed by atoms with van der Waals surface area (Å²) in [7, 11) is 1.95. The minimum Gasteiger partial charge on any atom is -0.449 e. The lowest BCUT2D eigenvalue weighted by Crippen LogP contribution is -2.36. The number of esters is 1. The zero-order chi connectivity index (χ0) is 33.1. The number of anilines is 3. The molecule has 4 aromatic rings. The van der Waals surface area contributed by atoms with E-state index in [1.807, 2.05) is 100 Å². The Morgan fingerprint density at radius 1 is 0.978 bits per heavy atom. The van der Waals surface area contributed by atoms with E-state index in [2.05, 4.69) is 37.4 Å². The summed E-state index contributed by atoms with van der Waals surface area (Å²) in [6.07, 6.45) is 5.93. The zero-order valence-electron chi connectivity index (χ0n) is 27.7. The molecule has 46 heavy (non-hydrogen) atoms. The Labute approximate surface area is 272 Å². The number of aromatic nitrogens is 3. The van der Waals surface area contributed by atoms with Gasteiger partial charge in [-0.3, -0.25) is 24.4 Å². The van der Waals surface area contributed by atoms with Crippen LogP contribution in [0.2, 0.25) is 0 Å². The number of carbonyl (C=O) groups is 2. The standard InChI is InChI=1S/C36H45N7O3/c1-7-36(4,5)34(45)46-25-42(6)20-21-43(8-2)24-27-12-14-28(15-13-27)33(44)39-30-16-11-26(3)32(22-30)41-35-38-19-17-31(40-35)29-10-9-18-37-23-29/h9-19,22-23H,7-8,20-21,24-25H2,1-6H3,(H,39,44)(H,38,40,41). The molecule has 0 saturated carbocycles. The van der Waals surface area contributed by atoms with E-state index in [1.165, 1.54) is 0 Å². The van der Waals surface area contributed by atoms with Gasteiger partial charge in [0.15, 0.2) is 0 Å². The lowest BCUT2D eigenvalue weighted by atomic mass is 9.91. The van der Waals surface area contributed by atoms with E-state index in [-0.39, 0.29) is 18.6 Å². The quantitative estimate of drug-likeness (QED) is 0.113. The Bertz CT molecular complexity index is 1590. The molecule has 10 heteroatoms. The third-order valence-electron chi connectivity index (χ3n) is 8.07. The summed E-state index contributed by atoms with van der Waals surface area (Å²) >= 11 is 0. The molecule has 0 spiro atoms. The highest BCUT2D eigenvalue weighted by molar-refractivity contribution is 6.04. The molecule has 0 unspecified atom stereocenters. The summed E-state index contributed by atoms with van der Waals surface area (Å²) in [5.41, 5.74) is 5.34. The van der Waals surface area contributed by atoms with Crippen LogP contribution >= 0.6 is 0 Å². The number of pyridine rings is 1. The van der Waals surface area contributed by atoms with Crippen molar-refractivity contribution in [3.05, 3.63) is 95.9 Å². The number of benzene rings is 2. The van der Waals surface area contributed by atoms with Crippen LogP contribution in [0.3, 0.4) is 0 Å². The maximum absolute atomic E-state index is 13.1. The zero-order valence-corrected chi connectivity index (χ0v) is 27.7. The number of hydrogen-bond donors (Lipinski definition) is 2. The second-order valence-electron chi connectivity index (χ2n) is 12.1. The number of likely N-dealkylation sites (N-methyl/N-ethyl adjacent to an activating group) is 2. The van der Waals surface area contributed by atoms with Gasteiger partial charge in [0.05, 0.1) is 11.1 Å². The minimum absolute atomic E-state index is 0.171. The van der Waals surface area contributed by atoms with Gasteiger partial charge in [-0.1, -0.05) is 32.0 Å². The van der Waals surface area contributed by atoms with Crippen LogP contribution in [0.1, 0.15) is 55.6 Å². The van der Waals surface area contributed by atoms with Crippen molar-refractivity contribution in [2.45, 2.75) is 47.6 Å². The maximum Gasteiger partial charge on any atom is 0.312 e. The first-order valence-corrected chi connectivity index (χ1v) is 15.7. The van der Waals surface area contributed by atoms with E-state index in [4.69, 9.17) is 4.74 Å². The molecular weight excluding hydrogens is 578 g/mol. The van der Waals surface area contributed by atoms with E-state index in [9.17, 15) is 9.59 Å². The summed E-state index contributed by atoms with van der Waals surface area (Å²) in [5.74, 6) is 0.0945. The predicted molar refractivity (Wildman–Crippen MR) is 183 cm³/mol. The number of carbonyl (C=O) groups excluding carboxylic acids is 2. The molecule has 2 aromatic heterocycles. The van der Waals surface area contributed by atoms with Crippen molar-refractivity contribution >= 4 is 29.2 Å². The number of amides is 1. The lowest BCUT2D eigenvalue weighted by molar-refractivity contribution is -0.158. The number of nitrogens with one attached hydrogen (secondary N) is 2. The Balaban J connectivity index is 1.30. The largest absolute Gasteiger partial charge is 0.449 e. The van der Waals surface area contributed by atoms with E-state index in [1.54, 1.807) is 18.6 Å². The maximum atomic E-state index is 13.1. The molecule has 0 radical (unpaired) electrons. The highest BCUT2D eigenvalue weighted by Crippen LogP contribution is 2.25. The average molecular weight is 624 g/mol. The van der Waals surface area contributed by atoms with Gasteiger partial charge in [-0.15, -0.1) is 0 Å². The molecule has 2 heterocycles. The number of rotatable bonds is 15. The minimum atomic E-state index is -0.469. The molecule has 0 fully saturated rings. The Kier molecular flexibility index (Phi) is 11.9. The molecule has 4 rings (SSSR count). The third kappa shape index (κ3) is 9.66. The summed E-state index contributed by atoms with van der Waals surface area (Å²) in [5, 5.41) is 6.29. The van der Waals surface area contributed by atoms with Gasteiger partial charge in [-0.2, -0.15) is 0 Å². The van der Waals surface area contributed by atoms with Crippen LogP contribution in [0, 0.1) is 12.3 Å². The summed E-state index contributed by atoms with van der Waals surface area (Å²) in [6.45, 7) is 13.4. The van der Waals surface area contributed by atoms with Gasteiger partial charge in [-0.25, -0.2) is 9.97 Å². The Morgan fingerprint density at radius 2 is 1.76 bits per heavy atom. The first kappa shape index (κ1) is 34.2. The van der Waals surface area contributed by atoms with Crippen LogP contribution in [-0.4, -0.2) is 70.0 Å². The van der Waals surface area contributed by atoms with Crippen LogP contribution in [-0.2, 0) is 16.1 Å². The van der Waals surface area contributed by atoms with Crippen LogP contribution in [0.15, 0.2) is 79.3 Å². The van der Waals surface area contributed by atoms with Crippen molar-refractivity contribution in [1.29, 1.82) is 0 Å². The molecule has 1 amide bonds. The van der Waals surface area contributed by atoms with Crippen LogP contribution in [0.4, 0.5) is 17.3 Å². The molecule has 0 aliphatic carbocycles. The molecule has 0 atom stereocenters. The van der Waals surface area contributed by atoms with Crippen LogP contribution in [0.5, 0.6) is 0 Å². The predicted octanol–water partition coefficient (Wildman–Crippen LogP) is 6.53. The monoisotopic (exact) mass is 623 g/mol. The van der Waals surface area contributed by atoms with Gasteiger partial charge < -0.3 is 15.4 Å². The van der Waals surface area contributed by atoms with Crippen molar-refractivity contribution < 1.29 is 14.3 Å². The van der Waals surface area contributed by atoms with Gasteiger partial charge in [0.1, 0.15) is 6.73 Å². The highest BCUT2D eigenvalue weighted by Gasteiger charge is 2.27. The fourth-order valence-corrected chi connectivity index (χ4v) is 4.51. The van der Waals surface area contributed by atoms with E-state index in [0.717, 1.165) is 60.7 Å². The number of hydrogen-bond acceptors (Lipinski definition) is 9. The van der Waals surface area contributed by atoms with Crippen molar-refractivity contribution in [3.8, 4) is 11.3 Å². The Hall–Kier alpha value is -4.67. The second kappa shape index (κ2) is 16.1. The molecule has 242 valence electrons. The number of aryl methyl sites for hydroxylation is 1. The van der Waals surface area contributed by atoms with Gasteiger partial charge in [0.25, 0.3) is 5.91 Å². The summed E-state index contributed by atoms with van der Waals surface area (Å²) < 4.78 is 5.50. The van der Waals surface area contributed by atoms with Gasteiger partial charge in [-0.05, 0) is 94.4 Å². The molecular formula is C36H45N7O3. The fourth-order valence-electron chi connectivity index (χ4n) is 4.51. The molecule has 0 saturated heterocycles. The average Bonchev–Trinajstić information content (AvgIpc) is 3.07. The highest BCUT2D eigenvalue weighted by atomic mass is 16.5. The van der Waals surface area contributed by atoms with Crippen molar-refractivity contribution in [2.75, 3.05) is 44.0 Å². The molecule has 2 aromatic carbocycles. The van der Waals surface area contributed by atoms with E-state index >= 15 is 0 Å². The number of ether oxygens (including phenoxy) is 1. The van der Waals surface area contributed by atoms with Crippen LogP contribution < -0.4 is 10.6 Å². The smallest absolute Gasteiger partial charge is 0.312 e. The topological polar surface area (TPSA) is 113 Å². The second-order valence-corrected chi connectivity index (χ2v) is 12.1. The molecule has 0 bridgehead atoms. The molecule has 0 aliphatic rings. The van der Waals surface area contributed by atoms with Gasteiger partial charge >= 0.3 is 5.97 Å². The van der Waals surface area contributed by atoms with Crippen LogP contribution in [0.25, 0.3) is 11.3 Å².